The fourth-order valence-electron chi connectivity index (χ4n) is 0.723. The Morgan fingerprint density at radius 3 is 2.42 bits per heavy atom. The van der Waals surface area contributed by atoms with Crippen LogP contribution in [0, 0.1) is 6.92 Å². The normalized spacial score (nSPS) is 8.42. The molecule has 1 aromatic heterocycles. The first kappa shape index (κ1) is 11.2. The summed E-state index contributed by atoms with van der Waals surface area (Å²) in [6, 6.07) is 1.76. The molecule has 68 valence electrons. The van der Waals surface area contributed by atoms with Crippen molar-refractivity contribution >= 4 is 11.6 Å². The molecule has 0 aromatic carbocycles. The summed E-state index contributed by atoms with van der Waals surface area (Å²) in [5.74, 6) is 0.768. The molecule has 0 spiro atoms. The summed E-state index contributed by atoms with van der Waals surface area (Å²) < 4.78 is 4.98. The molecule has 1 rings (SSSR count). The third kappa shape index (κ3) is 3.09. The van der Waals surface area contributed by atoms with Crippen LogP contribution in [0.15, 0.2) is 12.3 Å². The highest BCUT2D eigenvalue weighted by Gasteiger charge is 1.97. The van der Waals surface area contributed by atoms with E-state index in [1.807, 2.05) is 20.8 Å². The van der Waals surface area contributed by atoms with Gasteiger partial charge < -0.3 is 4.74 Å². The molecule has 0 bridgehead atoms. The lowest BCUT2D eigenvalue weighted by atomic mass is 10.3. The maximum absolute atomic E-state index is 5.61. The predicted molar refractivity (Wildman–Crippen MR) is 51.9 cm³/mol. The van der Waals surface area contributed by atoms with E-state index in [1.54, 1.807) is 19.4 Å². The Labute approximate surface area is 78.5 Å². The summed E-state index contributed by atoms with van der Waals surface area (Å²) in [6.45, 7) is 5.92. The maximum Gasteiger partial charge on any atom is 0.140 e. The summed E-state index contributed by atoms with van der Waals surface area (Å²) in [7, 11) is 1.61. The Morgan fingerprint density at radius 2 is 2.00 bits per heavy atom. The van der Waals surface area contributed by atoms with Crippen LogP contribution in [0.4, 0.5) is 0 Å². The molecule has 3 heteroatoms. The maximum atomic E-state index is 5.61. The second kappa shape index (κ2) is 5.84. The highest BCUT2D eigenvalue weighted by atomic mass is 35.5. The van der Waals surface area contributed by atoms with Crippen molar-refractivity contribution in [3.05, 3.63) is 23.0 Å². The zero-order valence-electron chi connectivity index (χ0n) is 7.89. The molecule has 0 aliphatic carbocycles. The van der Waals surface area contributed by atoms with Crippen molar-refractivity contribution in [2.45, 2.75) is 20.8 Å². The molecule has 0 saturated carbocycles. The van der Waals surface area contributed by atoms with Crippen molar-refractivity contribution in [1.29, 1.82) is 0 Å². The first-order chi connectivity index (χ1) is 5.74. The quantitative estimate of drug-likeness (QED) is 0.631. The number of aromatic nitrogens is 1. The van der Waals surface area contributed by atoms with E-state index in [4.69, 9.17) is 16.3 Å². The van der Waals surface area contributed by atoms with E-state index in [0.29, 0.717) is 5.15 Å². The van der Waals surface area contributed by atoms with E-state index in [0.717, 1.165) is 11.3 Å². The summed E-state index contributed by atoms with van der Waals surface area (Å²) in [4.78, 5) is 3.85. The van der Waals surface area contributed by atoms with Crippen LogP contribution in [-0.4, -0.2) is 12.1 Å². The fraction of sp³-hybridized carbons (Fsp3) is 0.444. The molecule has 0 aliphatic heterocycles. The highest BCUT2D eigenvalue weighted by Crippen LogP contribution is 2.17. The van der Waals surface area contributed by atoms with Crippen molar-refractivity contribution < 1.29 is 4.74 Å². The van der Waals surface area contributed by atoms with Gasteiger partial charge in [-0.1, -0.05) is 25.4 Å². The van der Waals surface area contributed by atoms with Gasteiger partial charge in [-0.05, 0) is 18.6 Å². The zero-order chi connectivity index (χ0) is 9.56. The van der Waals surface area contributed by atoms with Crippen molar-refractivity contribution in [1.82, 2.24) is 4.98 Å². The highest BCUT2D eigenvalue weighted by molar-refractivity contribution is 6.29. The number of hydrogen-bond acceptors (Lipinski definition) is 2. The lowest BCUT2D eigenvalue weighted by molar-refractivity contribution is 0.410. The van der Waals surface area contributed by atoms with Crippen LogP contribution < -0.4 is 4.74 Å². The molecule has 1 heterocycles. The summed E-state index contributed by atoms with van der Waals surface area (Å²) in [5.41, 5.74) is 1.00. The molecular weight excluding hydrogens is 174 g/mol. The van der Waals surface area contributed by atoms with Crippen LogP contribution in [0.3, 0.4) is 0 Å². The van der Waals surface area contributed by atoms with Gasteiger partial charge in [0.2, 0.25) is 0 Å². The number of nitrogens with zero attached hydrogens (tertiary/aromatic N) is 1. The minimum atomic E-state index is 0.498. The van der Waals surface area contributed by atoms with Gasteiger partial charge in [0.05, 0.1) is 13.3 Å². The number of hydrogen-bond donors (Lipinski definition) is 0. The lowest BCUT2D eigenvalue weighted by Crippen LogP contribution is -1.87. The van der Waals surface area contributed by atoms with E-state index >= 15 is 0 Å². The average molecular weight is 188 g/mol. The predicted octanol–water partition coefficient (Wildman–Crippen LogP) is 3.08. The topological polar surface area (TPSA) is 22.1 Å². The van der Waals surface area contributed by atoms with Crippen LogP contribution in [-0.2, 0) is 0 Å². The molecule has 0 fully saturated rings. The summed E-state index contributed by atoms with van der Waals surface area (Å²) in [6.07, 6.45) is 1.61. The van der Waals surface area contributed by atoms with Gasteiger partial charge in [0.1, 0.15) is 10.9 Å². The molecule has 12 heavy (non-hydrogen) atoms. The number of ether oxygens (including phenoxy) is 1. The molecule has 0 N–H and O–H groups in total. The first-order valence-electron chi connectivity index (χ1n) is 3.90. The molecule has 0 radical (unpaired) electrons. The van der Waals surface area contributed by atoms with E-state index in [9.17, 15) is 0 Å². The van der Waals surface area contributed by atoms with Crippen molar-refractivity contribution in [2.75, 3.05) is 7.11 Å². The van der Waals surface area contributed by atoms with E-state index in [1.165, 1.54) is 0 Å². The van der Waals surface area contributed by atoms with Gasteiger partial charge in [-0.25, -0.2) is 4.98 Å². The van der Waals surface area contributed by atoms with Gasteiger partial charge in [0.25, 0.3) is 0 Å². The SMILES string of the molecule is CC.COc1cnc(Cl)cc1C. The average Bonchev–Trinajstić information content (AvgIpc) is 2.08. The largest absolute Gasteiger partial charge is 0.495 e. The number of pyridine rings is 1. The summed E-state index contributed by atoms with van der Waals surface area (Å²) >= 11 is 5.61. The standard InChI is InChI=1S/C7H8ClNO.C2H6/c1-5-3-7(8)9-4-6(5)10-2;1-2/h3-4H,1-2H3;1-2H3. The van der Waals surface area contributed by atoms with Gasteiger partial charge in [-0.15, -0.1) is 0 Å². The zero-order valence-corrected chi connectivity index (χ0v) is 8.64. The molecular formula is C9H14ClNO. The molecule has 0 unspecified atom stereocenters. The van der Waals surface area contributed by atoms with Crippen LogP contribution in [0.1, 0.15) is 19.4 Å². The molecule has 0 amide bonds. The molecule has 0 saturated heterocycles. The number of rotatable bonds is 1. The minimum Gasteiger partial charge on any atom is -0.495 e. The van der Waals surface area contributed by atoms with E-state index in [-0.39, 0.29) is 0 Å². The third-order valence-electron chi connectivity index (χ3n) is 1.25. The number of halogens is 1. The van der Waals surface area contributed by atoms with Crippen LogP contribution in [0.25, 0.3) is 0 Å². The van der Waals surface area contributed by atoms with E-state index < -0.39 is 0 Å². The first-order valence-corrected chi connectivity index (χ1v) is 4.28. The van der Waals surface area contributed by atoms with Crippen molar-refractivity contribution in [3.63, 3.8) is 0 Å². The molecule has 0 atom stereocenters. The van der Waals surface area contributed by atoms with E-state index in [2.05, 4.69) is 4.98 Å². The van der Waals surface area contributed by atoms with Crippen LogP contribution in [0.5, 0.6) is 5.75 Å². The third-order valence-corrected chi connectivity index (χ3v) is 1.46. The second-order valence-electron chi connectivity index (χ2n) is 1.98. The smallest absolute Gasteiger partial charge is 0.140 e. The minimum absolute atomic E-state index is 0.498. The van der Waals surface area contributed by atoms with Gasteiger partial charge in [-0.3, -0.25) is 0 Å². The Balaban J connectivity index is 0.000000561. The Hall–Kier alpha value is -0.760. The lowest BCUT2D eigenvalue weighted by Gasteiger charge is -2.01. The Bertz CT molecular complexity index is 238. The van der Waals surface area contributed by atoms with Crippen LogP contribution >= 0.6 is 11.6 Å². The van der Waals surface area contributed by atoms with Gasteiger partial charge in [0.15, 0.2) is 0 Å². The molecule has 1 aromatic rings. The van der Waals surface area contributed by atoms with Gasteiger partial charge in [-0.2, -0.15) is 0 Å². The monoisotopic (exact) mass is 187 g/mol. The number of aryl methyl sites for hydroxylation is 1. The second-order valence-corrected chi connectivity index (χ2v) is 2.36. The molecule has 0 aliphatic rings. The molecule has 2 nitrogen and oxygen atoms in total. The van der Waals surface area contributed by atoms with Crippen molar-refractivity contribution in [3.8, 4) is 5.75 Å². The van der Waals surface area contributed by atoms with Gasteiger partial charge in [0, 0.05) is 0 Å². The Kier molecular flexibility index (Phi) is 5.47. The van der Waals surface area contributed by atoms with Crippen LogP contribution in [0.2, 0.25) is 5.15 Å². The number of methoxy groups -OCH3 is 1. The fourth-order valence-corrected chi connectivity index (χ4v) is 0.935. The Morgan fingerprint density at radius 1 is 1.42 bits per heavy atom. The van der Waals surface area contributed by atoms with Gasteiger partial charge >= 0.3 is 0 Å². The van der Waals surface area contributed by atoms with Crippen molar-refractivity contribution in [2.24, 2.45) is 0 Å². The summed E-state index contributed by atoms with van der Waals surface area (Å²) in [5, 5.41) is 0.498.